The molecule has 2 aliphatic heterocycles. The number of rotatable bonds is 6. The first kappa shape index (κ1) is 19.5. The van der Waals surface area contributed by atoms with E-state index in [2.05, 4.69) is 0 Å². The van der Waals surface area contributed by atoms with Crippen molar-refractivity contribution in [3.05, 3.63) is 29.8 Å². The van der Waals surface area contributed by atoms with Crippen LogP contribution in [0.2, 0.25) is 0 Å². The third-order valence-corrected chi connectivity index (χ3v) is 6.64. The Morgan fingerprint density at radius 2 is 1.74 bits per heavy atom. The van der Waals surface area contributed by atoms with Crippen LogP contribution in [0.25, 0.3) is 0 Å². The first-order chi connectivity index (χ1) is 12.6. The van der Waals surface area contributed by atoms with Gasteiger partial charge in [-0.15, -0.1) is 0 Å². The van der Waals surface area contributed by atoms with E-state index in [9.17, 15) is 22.8 Å². The van der Waals surface area contributed by atoms with Crippen molar-refractivity contribution >= 4 is 33.4 Å². The molecule has 8 nitrogen and oxygen atoms in total. The van der Waals surface area contributed by atoms with Gasteiger partial charge in [0.15, 0.2) is 5.41 Å². The van der Waals surface area contributed by atoms with Crippen LogP contribution in [0, 0.1) is 0 Å². The topological polar surface area (TPSA) is 95.1 Å². The van der Waals surface area contributed by atoms with Crippen LogP contribution in [-0.4, -0.2) is 68.3 Å². The number of anilines is 1. The van der Waals surface area contributed by atoms with Gasteiger partial charge in [-0.2, -0.15) is 0 Å². The summed E-state index contributed by atoms with van der Waals surface area (Å²) in [7, 11) is -1.88. The van der Waals surface area contributed by atoms with Gasteiger partial charge in [0.25, 0.3) is 0 Å². The maximum absolute atomic E-state index is 13.2. The van der Waals surface area contributed by atoms with Crippen molar-refractivity contribution < 1.29 is 22.8 Å². The van der Waals surface area contributed by atoms with Crippen LogP contribution in [0.3, 0.4) is 0 Å². The van der Waals surface area contributed by atoms with Crippen molar-refractivity contribution in [3.8, 4) is 0 Å². The summed E-state index contributed by atoms with van der Waals surface area (Å²) < 4.78 is 24.1. The average Bonchev–Trinajstić information content (AvgIpc) is 3.00. The quantitative estimate of drug-likeness (QED) is 0.513. The Morgan fingerprint density at radius 1 is 1.11 bits per heavy atom. The highest BCUT2D eigenvalue weighted by Gasteiger charge is 2.63. The lowest BCUT2D eigenvalue weighted by atomic mass is 9.80. The second-order valence-electron chi connectivity index (χ2n) is 6.94. The van der Waals surface area contributed by atoms with Gasteiger partial charge in [0.2, 0.25) is 27.7 Å². The van der Waals surface area contributed by atoms with Gasteiger partial charge in [-0.1, -0.05) is 18.2 Å². The molecule has 1 aromatic carbocycles. The van der Waals surface area contributed by atoms with E-state index in [1.165, 1.54) is 11.4 Å². The number of amides is 3. The molecule has 27 heavy (non-hydrogen) atoms. The molecular formula is C18H23N3O5S. The second kappa shape index (κ2) is 6.72. The van der Waals surface area contributed by atoms with Crippen molar-refractivity contribution in [1.29, 1.82) is 0 Å². The highest BCUT2D eigenvalue weighted by atomic mass is 32.2. The van der Waals surface area contributed by atoms with E-state index in [-0.39, 0.29) is 25.4 Å². The molecule has 0 N–H and O–H groups in total. The van der Waals surface area contributed by atoms with Crippen LogP contribution in [0.5, 0.6) is 0 Å². The number of hydrogen-bond donors (Lipinski definition) is 0. The lowest BCUT2D eigenvalue weighted by Gasteiger charge is -2.22. The Balaban J connectivity index is 1.85. The highest BCUT2D eigenvalue weighted by molar-refractivity contribution is 7.88. The minimum atomic E-state index is -3.32. The number of benzene rings is 1. The molecule has 1 spiro atoms. The second-order valence-corrected chi connectivity index (χ2v) is 9.03. The summed E-state index contributed by atoms with van der Waals surface area (Å²) in [6.45, 7) is 2.52. The zero-order valence-corrected chi connectivity index (χ0v) is 16.5. The fraction of sp³-hybridized carbons (Fsp3) is 0.500. The molecule has 1 saturated heterocycles. The Bertz CT molecular complexity index is 913. The van der Waals surface area contributed by atoms with Crippen molar-refractivity contribution in [2.75, 3.05) is 37.8 Å². The summed E-state index contributed by atoms with van der Waals surface area (Å²) in [6.07, 6.45) is 1.23. The number of nitrogens with zero attached hydrogens (tertiary/aromatic N) is 3. The van der Waals surface area contributed by atoms with Crippen molar-refractivity contribution in [2.24, 2.45) is 0 Å². The summed E-state index contributed by atoms with van der Waals surface area (Å²) in [4.78, 5) is 41.5. The molecular weight excluding hydrogens is 370 g/mol. The largest absolute Gasteiger partial charge is 0.311 e. The molecule has 2 heterocycles. The zero-order valence-electron chi connectivity index (χ0n) is 15.6. The van der Waals surface area contributed by atoms with Crippen molar-refractivity contribution in [1.82, 2.24) is 9.21 Å². The molecule has 2 aliphatic rings. The Hall–Kier alpha value is -2.26. The third-order valence-electron chi connectivity index (χ3n) is 5.33. The zero-order chi connectivity index (χ0) is 20.0. The molecule has 1 unspecified atom stereocenters. The number of imide groups is 1. The van der Waals surface area contributed by atoms with Crippen LogP contribution < -0.4 is 4.90 Å². The fourth-order valence-electron chi connectivity index (χ4n) is 3.80. The van der Waals surface area contributed by atoms with Gasteiger partial charge in [0.1, 0.15) is 0 Å². The van der Waals surface area contributed by atoms with Gasteiger partial charge in [0, 0.05) is 37.9 Å². The van der Waals surface area contributed by atoms with Gasteiger partial charge < -0.3 is 4.90 Å². The molecule has 0 aliphatic carbocycles. The minimum absolute atomic E-state index is 0.0842. The molecule has 0 bridgehead atoms. The molecule has 3 amide bonds. The van der Waals surface area contributed by atoms with E-state index in [1.807, 2.05) is 6.92 Å². The van der Waals surface area contributed by atoms with Crippen molar-refractivity contribution in [3.63, 3.8) is 0 Å². The molecule has 146 valence electrons. The summed E-state index contributed by atoms with van der Waals surface area (Å²) in [5.41, 5.74) is -0.234. The lowest BCUT2D eigenvalue weighted by Crippen LogP contribution is -2.46. The molecule has 0 aromatic heterocycles. The SMILES string of the molecule is CCN1C(=O)C2(CC(=O)N(CCCN(C)S(C)(=O)=O)C2=O)c2ccccc21. The van der Waals surface area contributed by atoms with Crippen LogP contribution >= 0.6 is 0 Å². The van der Waals surface area contributed by atoms with E-state index >= 15 is 0 Å². The van der Waals surface area contributed by atoms with Crippen LogP contribution in [0.4, 0.5) is 5.69 Å². The Labute approximate surface area is 158 Å². The van der Waals surface area contributed by atoms with Crippen LogP contribution in [0.15, 0.2) is 24.3 Å². The van der Waals surface area contributed by atoms with Crippen LogP contribution in [0.1, 0.15) is 25.3 Å². The van der Waals surface area contributed by atoms with Gasteiger partial charge in [-0.05, 0) is 19.4 Å². The van der Waals surface area contributed by atoms with Gasteiger partial charge >= 0.3 is 0 Å². The molecule has 9 heteroatoms. The number of likely N-dealkylation sites (tertiary alicyclic amines) is 1. The normalized spacial score (nSPS) is 22.4. The Kier molecular flexibility index (Phi) is 4.85. The predicted molar refractivity (Wildman–Crippen MR) is 99.6 cm³/mol. The first-order valence-electron chi connectivity index (χ1n) is 8.82. The van der Waals surface area contributed by atoms with Crippen molar-refractivity contribution in [2.45, 2.75) is 25.2 Å². The number of fused-ring (bicyclic) bond motifs is 2. The van der Waals surface area contributed by atoms with Crippen LogP contribution in [-0.2, 0) is 29.8 Å². The van der Waals surface area contributed by atoms with E-state index in [0.717, 1.165) is 11.2 Å². The molecule has 1 atom stereocenters. The van der Waals surface area contributed by atoms with E-state index < -0.39 is 27.3 Å². The van der Waals surface area contributed by atoms with E-state index in [0.29, 0.717) is 24.2 Å². The van der Waals surface area contributed by atoms with E-state index in [4.69, 9.17) is 0 Å². The number of sulfonamides is 1. The number of para-hydroxylation sites is 1. The number of likely N-dealkylation sites (N-methyl/N-ethyl adjacent to an activating group) is 1. The first-order valence-corrected chi connectivity index (χ1v) is 10.7. The maximum Gasteiger partial charge on any atom is 0.250 e. The maximum atomic E-state index is 13.2. The smallest absolute Gasteiger partial charge is 0.250 e. The van der Waals surface area contributed by atoms with Gasteiger partial charge in [-0.3, -0.25) is 19.3 Å². The number of carbonyl (C=O) groups is 3. The average molecular weight is 393 g/mol. The standard InChI is InChI=1S/C18H23N3O5S/c1-4-20-14-9-6-5-8-13(14)18(16(20)23)12-15(22)21(17(18)24)11-7-10-19(2)27(3,25)26/h5-6,8-9H,4,7,10-12H2,1-3H3. The predicted octanol–water partition coefficient (Wildman–Crippen LogP) is 0.331. The van der Waals surface area contributed by atoms with Gasteiger partial charge in [-0.25, -0.2) is 12.7 Å². The molecule has 0 saturated carbocycles. The molecule has 3 rings (SSSR count). The molecule has 1 aromatic rings. The monoisotopic (exact) mass is 393 g/mol. The lowest BCUT2D eigenvalue weighted by molar-refractivity contribution is -0.141. The molecule has 1 fully saturated rings. The summed E-state index contributed by atoms with van der Waals surface area (Å²) in [6, 6.07) is 7.07. The Morgan fingerprint density at radius 3 is 2.37 bits per heavy atom. The third kappa shape index (κ3) is 2.94. The number of hydrogen-bond acceptors (Lipinski definition) is 5. The van der Waals surface area contributed by atoms with E-state index in [1.54, 1.807) is 29.2 Å². The summed E-state index contributed by atoms with van der Waals surface area (Å²) >= 11 is 0. The highest BCUT2D eigenvalue weighted by Crippen LogP contribution is 2.48. The minimum Gasteiger partial charge on any atom is -0.311 e. The van der Waals surface area contributed by atoms with Gasteiger partial charge in [0.05, 0.1) is 12.7 Å². The molecule has 0 radical (unpaired) electrons. The summed E-state index contributed by atoms with van der Waals surface area (Å²) in [5, 5.41) is 0. The fourth-order valence-corrected chi connectivity index (χ4v) is 4.26. The summed E-state index contributed by atoms with van der Waals surface area (Å²) in [5.74, 6) is -1.27. The number of carbonyl (C=O) groups excluding carboxylic acids is 3.